The van der Waals surface area contributed by atoms with Crippen molar-refractivity contribution in [1.29, 1.82) is 0 Å². The van der Waals surface area contributed by atoms with Crippen LogP contribution in [0.25, 0.3) is 0 Å². The number of ether oxygens (including phenoxy) is 3. The van der Waals surface area contributed by atoms with Crippen LogP contribution in [0, 0.1) is 0 Å². The predicted molar refractivity (Wildman–Crippen MR) is 84.5 cm³/mol. The van der Waals surface area contributed by atoms with Crippen molar-refractivity contribution in [2.75, 3.05) is 26.9 Å². The monoisotopic (exact) mass is 333 g/mol. The molecule has 8 nitrogen and oxygen atoms in total. The number of benzene rings is 1. The predicted octanol–water partition coefficient (Wildman–Crippen LogP) is 0.663. The van der Waals surface area contributed by atoms with Gasteiger partial charge in [0.25, 0.3) is 5.91 Å². The van der Waals surface area contributed by atoms with Crippen molar-refractivity contribution in [3.63, 3.8) is 0 Å². The van der Waals surface area contributed by atoms with Gasteiger partial charge < -0.3 is 24.6 Å². The molecule has 1 aromatic heterocycles. The number of nitrogens with zero attached hydrogens (tertiary/aromatic N) is 2. The summed E-state index contributed by atoms with van der Waals surface area (Å²) in [7, 11) is 3.15. The van der Waals surface area contributed by atoms with Crippen LogP contribution in [-0.2, 0) is 7.05 Å². The zero-order valence-electron chi connectivity index (χ0n) is 13.5. The summed E-state index contributed by atoms with van der Waals surface area (Å²) in [5.41, 5.74) is 0.951. The number of carbonyl (C=O) groups is 1. The lowest BCUT2D eigenvalue weighted by atomic mass is 10.1. The Labute approximate surface area is 138 Å². The molecule has 0 saturated heterocycles. The van der Waals surface area contributed by atoms with Crippen molar-refractivity contribution in [1.82, 2.24) is 15.1 Å². The lowest BCUT2D eigenvalue weighted by Gasteiger charge is -2.20. The number of aryl methyl sites for hydroxylation is 1. The smallest absolute Gasteiger partial charge is 0.258 e. The summed E-state index contributed by atoms with van der Waals surface area (Å²) in [6.45, 7) is 1.04. The molecule has 1 aromatic carbocycles. The van der Waals surface area contributed by atoms with Gasteiger partial charge in [-0.3, -0.25) is 9.48 Å². The average molecular weight is 333 g/mol. The summed E-state index contributed by atoms with van der Waals surface area (Å²) in [6.07, 6.45) is 0.692. The first kappa shape index (κ1) is 16.1. The highest BCUT2D eigenvalue weighted by Crippen LogP contribution is 2.32. The molecule has 1 aliphatic rings. The Morgan fingerprint density at radius 3 is 2.92 bits per heavy atom. The Bertz CT molecular complexity index is 743. The Kier molecular flexibility index (Phi) is 4.57. The van der Waals surface area contributed by atoms with E-state index in [1.54, 1.807) is 31.4 Å². The van der Waals surface area contributed by atoms with Gasteiger partial charge in [-0.25, -0.2) is 0 Å². The van der Waals surface area contributed by atoms with E-state index in [4.69, 9.17) is 14.2 Å². The van der Waals surface area contributed by atoms with Crippen LogP contribution in [0.4, 0.5) is 0 Å². The molecule has 24 heavy (non-hydrogen) atoms. The minimum absolute atomic E-state index is 0.0521. The van der Waals surface area contributed by atoms with Crippen LogP contribution < -0.4 is 19.5 Å². The molecule has 2 N–H and O–H groups in total. The largest absolute Gasteiger partial charge is 0.486 e. The maximum Gasteiger partial charge on any atom is 0.258 e. The first-order valence-corrected chi connectivity index (χ1v) is 7.52. The topological polar surface area (TPSA) is 94.8 Å². The number of amides is 1. The van der Waals surface area contributed by atoms with Crippen LogP contribution in [0.2, 0.25) is 0 Å². The maximum atomic E-state index is 12.2. The summed E-state index contributed by atoms with van der Waals surface area (Å²) in [5.74, 6) is 1.12. The van der Waals surface area contributed by atoms with Gasteiger partial charge in [0.1, 0.15) is 18.8 Å². The average Bonchev–Trinajstić information content (AvgIpc) is 3.00. The molecule has 0 spiro atoms. The molecule has 1 atom stereocenters. The molecular weight excluding hydrogens is 314 g/mol. The molecule has 128 valence electrons. The van der Waals surface area contributed by atoms with Gasteiger partial charge in [-0.2, -0.15) is 0 Å². The van der Waals surface area contributed by atoms with E-state index in [0.29, 0.717) is 35.8 Å². The second kappa shape index (κ2) is 6.79. The van der Waals surface area contributed by atoms with E-state index < -0.39 is 6.10 Å². The molecule has 0 unspecified atom stereocenters. The van der Waals surface area contributed by atoms with Crippen LogP contribution in [0.3, 0.4) is 0 Å². The van der Waals surface area contributed by atoms with Crippen LogP contribution in [0.5, 0.6) is 17.4 Å². The van der Waals surface area contributed by atoms with Crippen LogP contribution >= 0.6 is 0 Å². The van der Waals surface area contributed by atoms with E-state index in [1.165, 1.54) is 11.8 Å². The van der Waals surface area contributed by atoms with Crippen molar-refractivity contribution in [3.05, 3.63) is 35.5 Å². The molecular formula is C16H19N3O5. The number of aliphatic hydroxyl groups is 1. The van der Waals surface area contributed by atoms with Gasteiger partial charge in [0, 0.05) is 19.8 Å². The number of hydrogen-bond acceptors (Lipinski definition) is 6. The van der Waals surface area contributed by atoms with Gasteiger partial charge in [-0.1, -0.05) is 6.07 Å². The van der Waals surface area contributed by atoms with Gasteiger partial charge in [0.05, 0.1) is 13.2 Å². The molecule has 0 radical (unpaired) electrons. The number of aliphatic hydroxyl groups excluding tert-OH is 1. The third-order valence-corrected chi connectivity index (χ3v) is 3.64. The summed E-state index contributed by atoms with van der Waals surface area (Å²) >= 11 is 0. The fraction of sp³-hybridized carbons (Fsp3) is 0.375. The second-order valence-corrected chi connectivity index (χ2v) is 5.35. The summed E-state index contributed by atoms with van der Waals surface area (Å²) in [4.78, 5) is 12.2. The molecule has 3 rings (SSSR count). The normalized spacial score (nSPS) is 14.1. The van der Waals surface area contributed by atoms with E-state index in [0.717, 1.165) is 0 Å². The van der Waals surface area contributed by atoms with E-state index >= 15 is 0 Å². The molecule has 0 fully saturated rings. The van der Waals surface area contributed by atoms with Crippen LogP contribution in [0.1, 0.15) is 22.0 Å². The van der Waals surface area contributed by atoms with Gasteiger partial charge in [-0.15, -0.1) is 5.10 Å². The zero-order chi connectivity index (χ0) is 17.1. The molecule has 2 heterocycles. The number of nitrogens with one attached hydrogen (secondary N) is 1. The van der Waals surface area contributed by atoms with Crippen molar-refractivity contribution in [2.45, 2.75) is 6.10 Å². The minimum Gasteiger partial charge on any atom is -0.486 e. The number of aromatic nitrogens is 2. The molecule has 1 amide bonds. The molecule has 0 saturated carbocycles. The third-order valence-electron chi connectivity index (χ3n) is 3.64. The second-order valence-electron chi connectivity index (χ2n) is 5.35. The first-order valence-electron chi connectivity index (χ1n) is 7.52. The van der Waals surface area contributed by atoms with Gasteiger partial charge in [-0.05, 0) is 17.7 Å². The number of fused-ring (bicyclic) bond motifs is 1. The van der Waals surface area contributed by atoms with E-state index in [9.17, 15) is 9.90 Å². The highest BCUT2D eigenvalue weighted by Gasteiger charge is 2.19. The summed E-state index contributed by atoms with van der Waals surface area (Å²) in [6, 6.07) is 5.21. The molecule has 0 aliphatic carbocycles. The Morgan fingerprint density at radius 1 is 1.42 bits per heavy atom. The highest BCUT2D eigenvalue weighted by atomic mass is 16.6. The molecule has 1 aliphatic heterocycles. The zero-order valence-corrected chi connectivity index (χ0v) is 13.5. The molecule has 8 heteroatoms. The fourth-order valence-electron chi connectivity index (χ4n) is 2.44. The molecule has 0 bridgehead atoms. The number of rotatable bonds is 5. The van der Waals surface area contributed by atoms with Crippen molar-refractivity contribution in [3.8, 4) is 17.4 Å². The minimum atomic E-state index is -0.868. The Hall–Kier alpha value is -2.74. The summed E-state index contributed by atoms with van der Waals surface area (Å²) < 4.78 is 17.5. The highest BCUT2D eigenvalue weighted by molar-refractivity contribution is 5.96. The summed E-state index contributed by atoms with van der Waals surface area (Å²) in [5, 5.41) is 17.0. The third kappa shape index (κ3) is 3.28. The van der Waals surface area contributed by atoms with Gasteiger partial charge in [0.2, 0.25) is 5.88 Å². The van der Waals surface area contributed by atoms with Crippen LogP contribution in [-0.4, -0.2) is 47.7 Å². The lowest BCUT2D eigenvalue weighted by molar-refractivity contribution is 0.0912. The number of hydrogen-bond donors (Lipinski definition) is 2. The van der Waals surface area contributed by atoms with Crippen molar-refractivity contribution < 1.29 is 24.1 Å². The Morgan fingerprint density at radius 2 is 2.17 bits per heavy atom. The quantitative estimate of drug-likeness (QED) is 0.835. The SMILES string of the molecule is COc1nn(C)cc1C(=O)NC[C@H](O)c1ccc2c(c1)OCCO2. The van der Waals surface area contributed by atoms with Gasteiger partial charge >= 0.3 is 0 Å². The fourth-order valence-corrected chi connectivity index (χ4v) is 2.44. The maximum absolute atomic E-state index is 12.2. The first-order chi connectivity index (χ1) is 11.6. The van der Waals surface area contributed by atoms with E-state index in [2.05, 4.69) is 10.4 Å². The Balaban J connectivity index is 1.64. The number of methoxy groups -OCH3 is 1. The lowest BCUT2D eigenvalue weighted by Crippen LogP contribution is -2.28. The van der Waals surface area contributed by atoms with E-state index in [-0.39, 0.29) is 18.3 Å². The number of carbonyl (C=O) groups excluding carboxylic acids is 1. The van der Waals surface area contributed by atoms with Crippen LogP contribution in [0.15, 0.2) is 24.4 Å². The van der Waals surface area contributed by atoms with Gasteiger partial charge in [0.15, 0.2) is 11.5 Å². The van der Waals surface area contributed by atoms with Crippen molar-refractivity contribution in [2.24, 2.45) is 7.05 Å². The standard InChI is InChI=1S/C16H19N3O5/c1-19-9-11(16(18-19)22-2)15(21)17-8-12(20)10-3-4-13-14(7-10)24-6-5-23-13/h3-4,7,9,12,20H,5-6,8H2,1-2H3,(H,17,21)/t12-/m0/s1. The van der Waals surface area contributed by atoms with E-state index in [1.807, 2.05) is 0 Å². The van der Waals surface area contributed by atoms with Crippen molar-refractivity contribution >= 4 is 5.91 Å². The molecule has 2 aromatic rings.